The average molecular weight is 311 g/mol. The molecule has 0 aromatic rings. The van der Waals surface area contributed by atoms with Crippen molar-refractivity contribution in [2.24, 2.45) is 10.4 Å². The van der Waals surface area contributed by atoms with Crippen molar-refractivity contribution in [2.75, 3.05) is 32.8 Å². The van der Waals surface area contributed by atoms with Gasteiger partial charge in [-0.25, -0.2) is 0 Å². The van der Waals surface area contributed by atoms with Gasteiger partial charge in [0, 0.05) is 18.5 Å². The molecule has 0 heterocycles. The van der Waals surface area contributed by atoms with E-state index in [2.05, 4.69) is 22.5 Å². The average Bonchev–Trinajstić information content (AvgIpc) is 3.34. The summed E-state index contributed by atoms with van der Waals surface area (Å²) in [6.07, 6.45) is 10.4. The minimum Gasteiger partial charge on any atom is -0.396 e. The molecule has 2 fully saturated rings. The molecule has 0 amide bonds. The van der Waals surface area contributed by atoms with E-state index in [-0.39, 0.29) is 12.0 Å². The van der Waals surface area contributed by atoms with Crippen molar-refractivity contribution in [3.63, 3.8) is 0 Å². The van der Waals surface area contributed by atoms with Crippen LogP contribution in [0.5, 0.6) is 0 Å². The number of rotatable bonds is 8. The minimum absolute atomic E-state index is 0.0686. The Balaban J connectivity index is 1.64. The van der Waals surface area contributed by atoms with Crippen molar-refractivity contribution in [2.45, 2.75) is 64.4 Å². The second-order valence-corrected chi connectivity index (χ2v) is 6.76. The van der Waals surface area contributed by atoms with Crippen LogP contribution in [-0.4, -0.2) is 50.0 Å². The molecule has 0 unspecified atom stereocenters. The predicted molar refractivity (Wildman–Crippen MR) is 90.2 cm³/mol. The van der Waals surface area contributed by atoms with Gasteiger partial charge < -0.3 is 20.5 Å². The third kappa shape index (κ3) is 6.13. The molecule has 5 heteroatoms. The molecule has 2 aliphatic rings. The van der Waals surface area contributed by atoms with Crippen LogP contribution >= 0.6 is 0 Å². The van der Waals surface area contributed by atoms with E-state index in [1.807, 2.05) is 0 Å². The normalized spacial score (nSPS) is 22.2. The van der Waals surface area contributed by atoms with Gasteiger partial charge in [-0.2, -0.15) is 0 Å². The topological polar surface area (TPSA) is 65.9 Å². The Kier molecular flexibility index (Phi) is 7.46. The molecule has 0 radical (unpaired) electrons. The first-order chi connectivity index (χ1) is 10.8. The molecular formula is C17H33N3O2. The molecule has 2 aliphatic carbocycles. The summed E-state index contributed by atoms with van der Waals surface area (Å²) in [5.74, 6) is 0.840. The van der Waals surface area contributed by atoms with E-state index < -0.39 is 0 Å². The van der Waals surface area contributed by atoms with Gasteiger partial charge in [-0.1, -0.05) is 25.7 Å². The smallest absolute Gasteiger partial charge is 0.191 e. The Bertz CT molecular complexity index is 335. The first kappa shape index (κ1) is 17.5. The fraction of sp³-hybridized carbons (Fsp3) is 0.941. The van der Waals surface area contributed by atoms with Crippen LogP contribution in [0, 0.1) is 5.41 Å². The monoisotopic (exact) mass is 311 g/mol. The van der Waals surface area contributed by atoms with E-state index in [4.69, 9.17) is 4.74 Å². The fourth-order valence-electron chi connectivity index (χ4n) is 2.94. The molecule has 22 heavy (non-hydrogen) atoms. The molecule has 0 aliphatic heterocycles. The lowest BCUT2D eigenvalue weighted by molar-refractivity contribution is 0.0468. The molecular weight excluding hydrogens is 278 g/mol. The fourth-order valence-corrected chi connectivity index (χ4v) is 2.94. The maximum absolute atomic E-state index is 9.35. The largest absolute Gasteiger partial charge is 0.396 e. The molecule has 0 aromatic heterocycles. The predicted octanol–water partition coefficient (Wildman–Crippen LogP) is 2.05. The second kappa shape index (κ2) is 9.36. The van der Waals surface area contributed by atoms with E-state index in [0.29, 0.717) is 12.6 Å². The van der Waals surface area contributed by atoms with Gasteiger partial charge in [-0.3, -0.25) is 4.99 Å². The van der Waals surface area contributed by atoms with E-state index in [9.17, 15) is 5.11 Å². The third-order valence-electron chi connectivity index (χ3n) is 4.76. The molecule has 2 rings (SSSR count). The van der Waals surface area contributed by atoms with Crippen molar-refractivity contribution in [1.29, 1.82) is 0 Å². The molecule has 128 valence electrons. The van der Waals surface area contributed by atoms with Crippen LogP contribution in [0.2, 0.25) is 0 Å². The van der Waals surface area contributed by atoms with E-state index in [0.717, 1.165) is 38.5 Å². The SMILES string of the molecule is CCNC(=NCC1(CO)CC1)NCCOC1CCCCCC1. The van der Waals surface area contributed by atoms with Crippen molar-refractivity contribution in [1.82, 2.24) is 10.6 Å². The number of nitrogens with zero attached hydrogens (tertiary/aromatic N) is 1. The number of aliphatic hydroxyl groups excluding tert-OH is 1. The van der Waals surface area contributed by atoms with Gasteiger partial charge in [-0.15, -0.1) is 0 Å². The zero-order valence-corrected chi connectivity index (χ0v) is 14.1. The van der Waals surface area contributed by atoms with Crippen molar-refractivity contribution in [3.05, 3.63) is 0 Å². The number of guanidine groups is 1. The Morgan fingerprint density at radius 2 is 1.91 bits per heavy atom. The highest BCUT2D eigenvalue weighted by atomic mass is 16.5. The van der Waals surface area contributed by atoms with Crippen LogP contribution in [0.4, 0.5) is 0 Å². The van der Waals surface area contributed by atoms with Crippen molar-refractivity contribution < 1.29 is 9.84 Å². The summed E-state index contributed by atoms with van der Waals surface area (Å²) in [6.45, 7) is 5.40. The summed E-state index contributed by atoms with van der Waals surface area (Å²) >= 11 is 0. The number of aliphatic hydroxyl groups is 1. The van der Waals surface area contributed by atoms with Gasteiger partial charge in [0.15, 0.2) is 5.96 Å². The van der Waals surface area contributed by atoms with Gasteiger partial charge in [0.2, 0.25) is 0 Å². The lowest BCUT2D eigenvalue weighted by Gasteiger charge is -2.17. The quantitative estimate of drug-likeness (QED) is 0.278. The van der Waals surface area contributed by atoms with Gasteiger partial charge in [0.05, 0.1) is 25.9 Å². The summed E-state index contributed by atoms with van der Waals surface area (Å²) in [6, 6.07) is 0. The van der Waals surface area contributed by atoms with Crippen LogP contribution in [0.1, 0.15) is 58.3 Å². The molecule has 0 atom stereocenters. The molecule has 0 aromatic carbocycles. The van der Waals surface area contributed by atoms with Gasteiger partial charge in [-0.05, 0) is 32.6 Å². The molecule has 2 saturated carbocycles. The maximum Gasteiger partial charge on any atom is 0.191 e. The summed E-state index contributed by atoms with van der Waals surface area (Å²) in [4.78, 5) is 4.60. The molecule has 0 bridgehead atoms. The number of ether oxygens (including phenoxy) is 1. The first-order valence-corrected chi connectivity index (χ1v) is 9.03. The van der Waals surface area contributed by atoms with E-state index in [1.165, 1.54) is 38.5 Å². The van der Waals surface area contributed by atoms with Crippen LogP contribution < -0.4 is 10.6 Å². The lowest BCUT2D eigenvalue weighted by atomic mass is 10.1. The summed E-state index contributed by atoms with van der Waals surface area (Å²) in [5.41, 5.74) is 0.0686. The van der Waals surface area contributed by atoms with Crippen LogP contribution in [0.3, 0.4) is 0 Å². The Morgan fingerprint density at radius 1 is 1.18 bits per heavy atom. The number of aliphatic imine (C=N–C) groups is 1. The van der Waals surface area contributed by atoms with Gasteiger partial charge in [0.1, 0.15) is 0 Å². The zero-order valence-electron chi connectivity index (χ0n) is 14.1. The van der Waals surface area contributed by atoms with Crippen molar-refractivity contribution >= 4 is 5.96 Å². The summed E-state index contributed by atoms with van der Waals surface area (Å²) < 4.78 is 5.99. The lowest BCUT2D eigenvalue weighted by Crippen LogP contribution is -2.39. The minimum atomic E-state index is 0.0686. The molecule has 3 N–H and O–H groups in total. The maximum atomic E-state index is 9.35. The van der Waals surface area contributed by atoms with E-state index in [1.54, 1.807) is 0 Å². The Morgan fingerprint density at radius 3 is 2.50 bits per heavy atom. The summed E-state index contributed by atoms with van der Waals surface area (Å²) in [5, 5.41) is 15.9. The first-order valence-electron chi connectivity index (χ1n) is 9.03. The van der Waals surface area contributed by atoms with Crippen molar-refractivity contribution in [3.8, 4) is 0 Å². The molecule has 0 saturated heterocycles. The third-order valence-corrected chi connectivity index (χ3v) is 4.76. The zero-order chi connectivity index (χ0) is 15.7. The summed E-state index contributed by atoms with van der Waals surface area (Å²) in [7, 11) is 0. The molecule has 5 nitrogen and oxygen atoms in total. The molecule has 0 spiro atoms. The van der Waals surface area contributed by atoms with Crippen LogP contribution in [0.25, 0.3) is 0 Å². The van der Waals surface area contributed by atoms with Gasteiger partial charge in [0.25, 0.3) is 0 Å². The highest BCUT2D eigenvalue weighted by Gasteiger charge is 2.41. The Hall–Kier alpha value is -0.810. The number of hydrogen-bond donors (Lipinski definition) is 3. The van der Waals surface area contributed by atoms with E-state index >= 15 is 0 Å². The second-order valence-electron chi connectivity index (χ2n) is 6.76. The standard InChI is InChI=1S/C17H33N3O2/c1-2-18-16(20-13-17(14-21)9-10-17)19-11-12-22-15-7-5-3-4-6-8-15/h15,21H,2-14H2,1H3,(H2,18,19,20). The Labute approximate surface area is 134 Å². The number of nitrogens with one attached hydrogen (secondary N) is 2. The van der Waals surface area contributed by atoms with Crippen LogP contribution in [-0.2, 0) is 4.74 Å². The number of hydrogen-bond acceptors (Lipinski definition) is 3. The highest BCUT2D eigenvalue weighted by molar-refractivity contribution is 5.79. The highest BCUT2D eigenvalue weighted by Crippen LogP contribution is 2.45. The van der Waals surface area contributed by atoms with Crippen LogP contribution in [0.15, 0.2) is 4.99 Å². The van der Waals surface area contributed by atoms with Gasteiger partial charge >= 0.3 is 0 Å².